The molecule has 3 aromatic rings. The number of benzene rings is 2. The summed E-state index contributed by atoms with van der Waals surface area (Å²) >= 11 is 6.08. The summed E-state index contributed by atoms with van der Waals surface area (Å²) < 4.78 is 10.9. The van der Waals surface area contributed by atoms with Gasteiger partial charge in [-0.2, -0.15) is 4.98 Å². The van der Waals surface area contributed by atoms with Gasteiger partial charge in [-0.3, -0.25) is 4.90 Å². The van der Waals surface area contributed by atoms with E-state index in [1.54, 1.807) is 43.5 Å². The summed E-state index contributed by atoms with van der Waals surface area (Å²) in [6, 6.07) is 11.0. The summed E-state index contributed by atoms with van der Waals surface area (Å²) in [5.41, 5.74) is 4.18. The monoisotopic (exact) mass is 424 g/mol. The van der Waals surface area contributed by atoms with Gasteiger partial charge in [0, 0.05) is 17.8 Å². The van der Waals surface area contributed by atoms with E-state index in [4.69, 9.17) is 21.1 Å². The standard InChI is InChI=1S/C22H21ClN4O3/c1-13-6-5-7-14(2)19(13)26-12-15-11-24-21(23)25-20(15)27(22(26)28)17-9-8-16(29-3)10-18(17)30-4/h5-11H,12H2,1-4H3. The molecule has 0 saturated carbocycles. The van der Waals surface area contributed by atoms with Crippen LogP contribution in [0.2, 0.25) is 5.28 Å². The van der Waals surface area contributed by atoms with Gasteiger partial charge in [-0.15, -0.1) is 0 Å². The largest absolute Gasteiger partial charge is 0.497 e. The molecule has 1 aliphatic rings. The maximum atomic E-state index is 13.8. The minimum atomic E-state index is -0.252. The number of ether oxygens (including phenoxy) is 2. The van der Waals surface area contributed by atoms with Gasteiger partial charge in [0.15, 0.2) is 5.82 Å². The van der Waals surface area contributed by atoms with Gasteiger partial charge in [0.25, 0.3) is 0 Å². The highest BCUT2D eigenvalue weighted by Gasteiger charge is 2.36. The Morgan fingerprint density at radius 1 is 1.07 bits per heavy atom. The van der Waals surface area contributed by atoms with Gasteiger partial charge in [0.2, 0.25) is 5.28 Å². The van der Waals surface area contributed by atoms with Crippen LogP contribution >= 0.6 is 11.6 Å². The van der Waals surface area contributed by atoms with Crippen LogP contribution in [0.5, 0.6) is 11.5 Å². The zero-order valence-electron chi connectivity index (χ0n) is 17.1. The number of aryl methyl sites for hydroxylation is 2. The Hall–Kier alpha value is -3.32. The Balaban J connectivity index is 1.93. The predicted molar refractivity (Wildman–Crippen MR) is 116 cm³/mol. The molecule has 2 heterocycles. The topological polar surface area (TPSA) is 67.8 Å². The van der Waals surface area contributed by atoms with Gasteiger partial charge in [0.1, 0.15) is 11.5 Å². The molecule has 0 saturated heterocycles. The van der Waals surface area contributed by atoms with E-state index in [0.717, 1.165) is 22.4 Å². The number of para-hydroxylation sites is 1. The van der Waals surface area contributed by atoms with Crippen LogP contribution in [0, 0.1) is 13.8 Å². The fourth-order valence-corrected chi connectivity index (χ4v) is 3.85. The number of urea groups is 1. The Bertz CT molecular complexity index is 1120. The number of hydrogen-bond acceptors (Lipinski definition) is 5. The van der Waals surface area contributed by atoms with E-state index in [0.29, 0.717) is 29.5 Å². The molecular formula is C22H21ClN4O3. The van der Waals surface area contributed by atoms with Crippen molar-refractivity contribution in [2.45, 2.75) is 20.4 Å². The number of carbonyl (C=O) groups is 1. The number of carbonyl (C=O) groups excluding carboxylic acids is 1. The summed E-state index contributed by atoms with van der Waals surface area (Å²) in [6.45, 7) is 4.32. The number of hydrogen-bond donors (Lipinski definition) is 0. The van der Waals surface area contributed by atoms with Crippen LogP contribution in [-0.2, 0) is 6.54 Å². The molecule has 2 amide bonds. The molecule has 1 aliphatic heterocycles. The number of nitrogens with zero attached hydrogens (tertiary/aromatic N) is 4. The van der Waals surface area contributed by atoms with Crippen LogP contribution in [0.1, 0.15) is 16.7 Å². The average Bonchev–Trinajstić information content (AvgIpc) is 2.74. The van der Waals surface area contributed by atoms with Crippen LogP contribution < -0.4 is 19.3 Å². The summed E-state index contributed by atoms with van der Waals surface area (Å²) in [7, 11) is 3.12. The van der Waals surface area contributed by atoms with Crippen molar-refractivity contribution in [2.24, 2.45) is 0 Å². The van der Waals surface area contributed by atoms with Gasteiger partial charge in [-0.05, 0) is 48.7 Å². The van der Waals surface area contributed by atoms with E-state index in [1.165, 1.54) is 4.90 Å². The van der Waals surface area contributed by atoms with Crippen molar-refractivity contribution in [3.63, 3.8) is 0 Å². The van der Waals surface area contributed by atoms with Crippen molar-refractivity contribution in [3.05, 3.63) is 64.6 Å². The molecule has 8 heteroatoms. The maximum Gasteiger partial charge on any atom is 0.335 e. The van der Waals surface area contributed by atoms with Gasteiger partial charge in [-0.25, -0.2) is 14.7 Å². The molecule has 1 aromatic heterocycles. The summed E-state index contributed by atoms with van der Waals surface area (Å²) in [6.07, 6.45) is 1.65. The lowest BCUT2D eigenvalue weighted by Crippen LogP contribution is -2.46. The van der Waals surface area contributed by atoms with Crippen molar-refractivity contribution in [3.8, 4) is 11.5 Å². The second kappa shape index (κ2) is 7.84. The Kier molecular flexibility index (Phi) is 5.22. The first-order valence-electron chi connectivity index (χ1n) is 9.36. The van der Waals surface area contributed by atoms with Crippen molar-refractivity contribution < 1.29 is 14.3 Å². The number of methoxy groups -OCH3 is 2. The molecule has 30 heavy (non-hydrogen) atoms. The Labute approximate surface area is 179 Å². The number of rotatable bonds is 4. The van der Waals surface area contributed by atoms with Crippen LogP contribution in [0.25, 0.3) is 0 Å². The predicted octanol–water partition coefficient (Wildman–Crippen LogP) is 5.04. The Morgan fingerprint density at radius 3 is 2.47 bits per heavy atom. The van der Waals surface area contributed by atoms with E-state index in [1.807, 2.05) is 32.0 Å². The van der Waals surface area contributed by atoms with Gasteiger partial charge >= 0.3 is 6.03 Å². The summed E-state index contributed by atoms with van der Waals surface area (Å²) in [4.78, 5) is 25.5. The number of amides is 2. The lowest BCUT2D eigenvalue weighted by atomic mass is 10.1. The maximum absolute atomic E-state index is 13.8. The van der Waals surface area contributed by atoms with Gasteiger partial charge < -0.3 is 9.47 Å². The highest BCUT2D eigenvalue weighted by molar-refractivity contribution is 6.28. The SMILES string of the molecule is COc1ccc(N2C(=O)N(c3c(C)cccc3C)Cc3cnc(Cl)nc32)c(OC)c1. The van der Waals surface area contributed by atoms with Crippen LogP contribution in [-0.4, -0.2) is 30.2 Å². The molecule has 0 radical (unpaired) electrons. The molecule has 0 atom stereocenters. The van der Waals surface area contributed by atoms with Crippen molar-refractivity contribution in [1.82, 2.24) is 9.97 Å². The van der Waals surface area contributed by atoms with E-state index >= 15 is 0 Å². The zero-order chi connectivity index (χ0) is 21.4. The molecular weight excluding hydrogens is 404 g/mol. The summed E-state index contributed by atoms with van der Waals surface area (Å²) in [5.74, 6) is 1.53. The van der Waals surface area contributed by atoms with Crippen molar-refractivity contribution in [1.29, 1.82) is 0 Å². The fourth-order valence-electron chi connectivity index (χ4n) is 3.72. The molecule has 0 N–H and O–H groups in total. The second-order valence-electron chi connectivity index (χ2n) is 6.97. The minimum Gasteiger partial charge on any atom is -0.497 e. The van der Waals surface area contributed by atoms with Crippen LogP contribution in [0.3, 0.4) is 0 Å². The zero-order valence-corrected chi connectivity index (χ0v) is 17.9. The molecule has 0 bridgehead atoms. The van der Waals surface area contributed by atoms with E-state index in [2.05, 4.69) is 9.97 Å². The highest BCUT2D eigenvalue weighted by atomic mass is 35.5. The van der Waals surface area contributed by atoms with Crippen molar-refractivity contribution >= 4 is 34.8 Å². The van der Waals surface area contributed by atoms with Gasteiger partial charge in [-0.1, -0.05) is 18.2 Å². The highest BCUT2D eigenvalue weighted by Crippen LogP contribution is 2.42. The van der Waals surface area contributed by atoms with Crippen LogP contribution in [0.4, 0.5) is 22.0 Å². The molecule has 2 aromatic carbocycles. The first-order valence-corrected chi connectivity index (χ1v) is 9.73. The molecule has 0 aliphatic carbocycles. The third kappa shape index (κ3) is 3.31. The fraction of sp³-hybridized carbons (Fsp3) is 0.227. The first-order chi connectivity index (χ1) is 14.4. The molecule has 7 nitrogen and oxygen atoms in total. The number of anilines is 3. The lowest BCUT2D eigenvalue weighted by Gasteiger charge is -2.37. The number of halogens is 1. The molecule has 0 spiro atoms. The van der Waals surface area contributed by atoms with E-state index < -0.39 is 0 Å². The smallest absolute Gasteiger partial charge is 0.335 e. The van der Waals surface area contributed by atoms with E-state index in [-0.39, 0.29) is 11.3 Å². The van der Waals surface area contributed by atoms with Crippen molar-refractivity contribution in [2.75, 3.05) is 24.0 Å². The quantitative estimate of drug-likeness (QED) is 0.548. The number of aromatic nitrogens is 2. The third-order valence-corrected chi connectivity index (χ3v) is 5.29. The first kappa shape index (κ1) is 20.0. The molecule has 154 valence electrons. The second-order valence-corrected chi connectivity index (χ2v) is 7.31. The van der Waals surface area contributed by atoms with Crippen LogP contribution in [0.15, 0.2) is 42.6 Å². The average molecular weight is 425 g/mol. The lowest BCUT2D eigenvalue weighted by molar-refractivity contribution is 0.252. The third-order valence-electron chi connectivity index (χ3n) is 5.11. The Morgan fingerprint density at radius 2 is 1.80 bits per heavy atom. The van der Waals surface area contributed by atoms with Gasteiger partial charge in [0.05, 0.1) is 32.1 Å². The van der Waals surface area contributed by atoms with E-state index in [9.17, 15) is 4.79 Å². The number of fused-ring (bicyclic) bond motifs is 1. The minimum absolute atomic E-state index is 0.0690. The molecule has 0 fully saturated rings. The molecule has 4 rings (SSSR count). The summed E-state index contributed by atoms with van der Waals surface area (Å²) in [5, 5.41) is 0.0690. The molecule has 0 unspecified atom stereocenters. The normalized spacial score (nSPS) is 13.3.